The zero-order valence-corrected chi connectivity index (χ0v) is 12.7. The molecule has 2 heterocycles. The van der Waals surface area contributed by atoms with Crippen LogP contribution in [-0.2, 0) is 14.6 Å². The van der Waals surface area contributed by atoms with Crippen LogP contribution < -0.4 is 0 Å². The van der Waals surface area contributed by atoms with Crippen LogP contribution in [0.4, 0.5) is 0 Å². The van der Waals surface area contributed by atoms with Crippen molar-refractivity contribution in [2.75, 3.05) is 38.6 Å². The van der Waals surface area contributed by atoms with E-state index in [1.54, 1.807) is 6.20 Å². The number of morpholine rings is 1. The molecule has 21 heavy (non-hydrogen) atoms. The van der Waals surface area contributed by atoms with Crippen molar-refractivity contribution in [3.8, 4) is 0 Å². The highest BCUT2D eigenvalue weighted by Gasteiger charge is 2.19. The van der Waals surface area contributed by atoms with Crippen LogP contribution in [-0.4, -0.2) is 56.9 Å². The van der Waals surface area contributed by atoms with E-state index in [0.717, 1.165) is 43.8 Å². The topological polar surface area (TPSA) is 62.4 Å². The summed E-state index contributed by atoms with van der Waals surface area (Å²) < 4.78 is 30.3. The molecule has 6 heteroatoms. The lowest BCUT2D eigenvalue weighted by atomic mass is 10.2. The number of rotatable bonds is 5. The summed E-state index contributed by atoms with van der Waals surface area (Å²) in [6.45, 7) is 4.09. The van der Waals surface area contributed by atoms with Crippen molar-refractivity contribution in [3.05, 3.63) is 30.5 Å². The molecule has 0 unspecified atom stereocenters. The summed E-state index contributed by atoms with van der Waals surface area (Å²) in [6.07, 6.45) is 2.26. The van der Waals surface area contributed by atoms with Gasteiger partial charge in [-0.3, -0.25) is 4.90 Å². The van der Waals surface area contributed by atoms with Gasteiger partial charge in [-0.1, -0.05) is 18.2 Å². The molecule has 0 atom stereocenters. The highest BCUT2D eigenvalue weighted by molar-refractivity contribution is 7.91. The van der Waals surface area contributed by atoms with Crippen molar-refractivity contribution in [1.82, 2.24) is 9.88 Å². The van der Waals surface area contributed by atoms with Gasteiger partial charge < -0.3 is 9.72 Å². The van der Waals surface area contributed by atoms with Crippen molar-refractivity contribution in [3.63, 3.8) is 0 Å². The lowest BCUT2D eigenvalue weighted by Gasteiger charge is -2.26. The minimum atomic E-state index is -3.23. The van der Waals surface area contributed by atoms with Gasteiger partial charge in [-0.2, -0.15) is 0 Å². The maximum absolute atomic E-state index is 12.5. The summed E-state index contributed by atoms with van der Waals surface area (Å²) in [5.74, 6) is 0.187. The molecule has 0 amide bonds. The molecule has 1 aliphatic rings. The number of benzene rings is 1. The Morgan fingerprint density at radius 1 is 1.19 bits per heavy atom. The van der Waals surface area contributed by atoms with Crippen LogP contribution in [0.25, 0.3) is 10.9 Å². The molecule has 1 aliphatic heterocycles. The summed E-state index contributed by atoms with van der Waals surface area (Å²) in [5.41, 5.74) is 0.865. The number of sulfone groups is 1. The van der Waals surface area contributed by atoms with Crippen molar-refractivity contribution < 1.29 is 13.2 Å². The molecule has 1 aromatic carbocycles. The number of para-hydroxylation sites is 1. The molecule has 5 nitrogen and oxygen atoms in total. The third-order valence-corrected chi connectivity index (χ3v) is 5.71. The molecule has 0 radical (unpaired) electrons. The smallest absolute Gasteiger partial charge is 0.180 e. The first-order valence-electron chi connectivity index (χ1n) is 7.26. The van der Waals surface area contributed by atoms with Crippen LogP contribution in [0, 0.1) is 0 Å². The monoisotopic (exact) mass is 308 g/mol. The summed E-state index contributed by atoms with van der Waals surface area (Å²) in [7, 11) is -3.23. The SMILES string of the molecule is O=S(=O)(CCCN1CCOCC1)c1c[nH]c2ccccc12. The Kier molecular flexibility index (Phi) is 4.28. The van der Waals surface area contributed by atoms with E-state index < -0.39 is 9.84 Å². The molecule has 0 spiro atoms. The molecule has 0 saturated carbocycles. The van der Waals surface area contributed by atoms with Crippen molar-refractivity contribution >= 4 is 20.7 Å². The molecule has 1 N–H and O–H groups in total. The molecule has 0 bridgehead atoms. The fourth-order valence-electron chi connectivity index (χ4n) is 2.72. The molecular weight excluding hydrogens is 288 g/mol. The number of nitrogens with zero attached hydrogens (tertiary/aromatic N) is 1. The second kappa shape index (κ2) is 6.17. The quantitative estimate of drug-likeness (QED) is 0.912. The number of nitrogens with one attached hydrogen (secondary N) is 1. The first-order valence-corrected chi connectivity index (χ1v) is 8.91. The summed E-state index contributed by atoms with van der Waals surface area (Å²) in [6, 6.07) is 7.50. The van der Waals surface area contributed by atoms with E-state index in [1.165, 1.54) is 0 Å². The van der Waals surface area contributed by atoms with E-state index in [1.807, 2.05) is 24.3 Å². The standard InChI is InChI=1S/C15H20N2O3S/c18-21(19,11-3-6-17-7-9-20-10-8-17)15-12-16-14-5-2-1-4-13(14)15/h1-2,4-5,12,16H,3,6-11H2. The average Bonchev–Trinajstić information content (AvgIpc) is 2.93. The Balaban J connectivity index is 1.66. The maximum Gasteiger partial charge on any atom is 0.180 e. The Morgan fingerprint density at radius 3 is 2.76 bits per heavy atom. The predicted molar refractivity (Wildman–Crippen MR) is 82.2 cm³/mol. The third kappa shape index (κ3) is 3.28. The molecule has 114 valence electrons. The Bertz CT molecular complexity index is 703. The zero-order chi connectivity index (χ0) is 14.7. The summed E-state index contributed by atoms with van der Waals surface area (Å²) >= 11 is 0. The second-order valence-electron chi connectivity index (χ2n) is 5.32. The van der Waals surface area contributed by atoms with Gasteiger partial charge in [0.05, 0.1) is 23.9 Å². The van der Waals surface area contributed by atoms with Gasteiger partial charge in [-0.15, -0.1) is 0 Å². The number of fused-ring (bicyclic) bond motifs is 1. The van der Waals surface area contributed by atoms with Gasteiger partial charge >= 0.3 is 0 Å². The predicted octanol–water partition coefficient (Wildman–Crippen LogP) is 1.66. The van der Waals surface area contributed by atoms with E-state index in [-0.39, 0.29) is 5.75 Å². The second-order valence-corrected chi connectivity index (χ2v) is 7.40. The largest absolute Gasteiger partial charge is 0.379 e. The fourth-order valence-corrected chi connectivity index (χ4v) is 4.20. The van der Waals surface area contributed by atoms with E-state index in [2.05, 4.69) is 9.88 Å². The lowest BCUT2D eigenvalue weighted by Crippen LogP contribution is -2.37. The van der Waals surface area contributed by atoms with E-state index in [0.29, 0.717) is 11.3 Å². The van der Waals surface area contributed by atoms with E-state index >= 15 is 0 Å². The third-order valence-electron chi connectivity index (χ3n) is 3.88. The zero-order valence-electron chi connectivity index (χ0n) is 11.9. The first-order chi connectivity index (χ1) is 10.2. The van der Waals surface area contributed by atoms with Gasteiger partial charge in [0.15, 0.2) is 9.84 Å². The van der Waals surface area contributed by atoms with Crippen LogP contribution in [0.1, 0.15) is 6.42 Å². The van der Waals surface area contributed by atoms with Crippen LogP contribution in [0.2, 0.25) is 0 Å². The maximum atomic E-state index is 12.5. The highest BCUT2D eigenvalue weighted by atomic mass is 32.2. The average molecular weight is 308 g/mol. The first kappa shape index (κ1) is 14.6. The van der Waals surface area contributed by atoms with Gasteiger partial charge in [-0.25, -0.2) is 8.42 Å². The highest BCUT2D eigenvalue weighted by Crippen LogP contribution is 2.23. The van der Waals surface area contributed by atoms with Gasteiger partial charge in [-0.05, 0) is 19.0 Å². The number of ether oxygens (including phenoxy) is 1. The molecule has 1 aromatic heterocycles. The fraction of sp³-hybridized carbons (Fsp3) is 0.467. The van der Waals surface area contributed by atoms with Gasteiger partial charge in [0, 0.05) is 30.2 Å². The van der Waals surface area contributed by atoms with Gasteiger partial charge in [0.2, 0.25) is 0 Å². The van der Waals surface area contributed by atoms with Crippen molar-refractivity contribution in [2.45, 2.75) is 11.3 Å². The van der Waals surface area contributed by atoms with Gasteiger partial charge in [0.1, 0.15) is 0 Å². The Hall–Kier alpha value is -1.37. The molecule has 2 aromatic rings. The van der Waals surface area contributed by atoms with E-state index in [9.17, 15) is 8.42 Å². The number of hydrogen-bond acceptors (Lipinski definition) is 4. The number of aromatic nitrogens is 1. The molecule has 1 saturated heterocycles. The molecular formula is C15H20N2O3S. The molecule has 3 rings (SSSR count). The summed E-state index contributed by atoms with van der Waals surface area (Å²) in [4.78, 5) is 5.70. The number of aromatic amines is 1. The minimum absolute atomic E-state index is 0.187. The van der Waals surface area contributed by atoms with Crippen LogP contribution in [0.15, 0.2) is 35.4 Å². The normalized spacial score (nSPS) is 17.3. The lowest BCUT2D eigenvalue weighted by molar-refractivity contribution is 0.0381. The summed E-state index contributed by atoms with van der Waals surface area (Å²) in [5, 5.41) is 0.781. The van der Waals surface area contributed by atoms with Gasteiger partial charge in [0.25, 0.3) is 0 Å². The Morgan fingerprint density at radius 2 is 1.95 bits per heavy atom. The van der Waals surface area contributed by atoms with Crippen molar-refractivity contribution in [2.24, 2.45) is 0 Å². The number of hydrogen-bond donors (Lipinski definition) is 1. The van der Waals surface area contributed by atoms with Crippen molar-refractivity contribution in [1.29, 1.82) is 0 Å². The van der Waals surface area contributed by atoms with Crippen LogP contribution in [0.3, 0.4) is 0 Å². The number of H-pyrrole nitrogens is 1. The minimum Gasteiger partial charge on any atom is -0.379 e. The van der Waals surface area contributed by atoms with Crippen LogP contribution >= 0.6 is 0 Å². The van der Waals surface area contributed by atoms with Crippen LogP contribution in [0.5, 0.6) is 0 Å². The van der Waals surface area contributed by atoms with E-state index in [4.69, 9.17) is 4.74 Å². The molecule has 0 aliphatic carbocycles. The molecule has 1 fully saturated rings. The Labute approximate surface area is 124 Å².